The first-order valence-corrected chi connectivity index (χ1v) is 7.58. The molecule has 0 unspecified atom stereocenters. The summed E-state index contributed by atoms with van der Waals surface area (Å²) in [6.07, 6.45) is 3.52. The minimum atomic E-state index is -3.41. The second kappa shape index (κ2) is 4.00. The Morgan fingerprint density at radius 2 is 2.19 bits per heavy atom. The van der Waals surface area contributed by atoms with E-state index in [1.54, 1.807) is 0 Å². The van der Waals surface area contributed by atoms with Crippen LogP contribution in [0.15, 0.2) is 0 Å². The average molecular weight is 246 g/mol. The topological polar surface area (TPSA) is 66.5 Å². The number of amides is 1. The predicted octanol–water partition coefficient (Wildman–Crippen LogP) is -0.0650. The number of nitrogens with one attached hydrogen (secondary N) is 1. The summed E-state index contributed by atoms with van der Waals surface area (Å²) in [5.74, 6) is -0.376. The van der Waals surface area contributed by atoms with Gasteiger partial charge >= 0.3 is 0 Å². The fourth-order valence-electron chi connectivity index (χ4n) is 2.89. The second-order valence-electron chi connectivity index (χ2n) is 4.63. The maximum atomic E-state index is 12.1. The molecule has 6 heteroatoms. The molecule has 3 atom stereocenters. The van der Waals surface area contributed by atoms with E-state index in [1.807, 2.05) is 6.92 Å². The van der Waals surface area contributed by atoms with E-state index in [9.17, 15) is 13.2 Å². The average Bonchev–Trinajstić information content (AvgIpc) is 2.68. The van der Waals surface area contributed by atoms with Crippen LogP contribution in [0, 0.1) is 5.92 Å². The first-order valence-electron chi connectivity index (χ1n) is 5.73. The quantitative estimate of drug-likeness (QED) is 0.757. The Hall–Kier alpha value is -0.620. The number of fused-ring (bicyclic) bond motifs is 1. The van der Waals surface area contributed by atoms with Gasteiger partial charge in [0.15, 0.2) is 0 Å². The van der Waals surface area contributed by atoms with Gasteiger partial charge in [-0.05, 0) is 19.4 Å². The Morgan fingerprint density at radius 3 is 2.75 bits per heavy atom. The molecule has 0 aliphatic carbocycles. The van der Waals surface area contributed by atoms with Gasteiger partial charge in [0.2, 0.25) is 15.9 Å². The van der Waals surface area contributed by atoms with Gasteiger partial charge in [0, 0.05) is 6.04 Å². The molecular formula is C10H18N2O3S. The van der Waals surface area contributed by atoms with Crippen molar-refractivity contribution in [1.82, 2.24) is 9.62 Å². The number of hydrogen-bond donors (Lipinski definition) is 1. The van der Waals surface area contributed by atoms with Crippen LogP contribution in [0.4, 0.5) is 0 Å². The zero-order valence-corrected chi connectivity index (χ0v) is 10.5. The third-order valence-corrected chi connectivity index (χ3v) is 4.63. The summed E-state index contributed by atoms with van der Waals surface area (Å²) in [6, 6.07) is -0.124. The summed E-state index contributed by atoms with van der Waals surface area (Å²) >= 11 is 0. The van der Waals surface area contributed by atoms with Crippen LogP contribution in [0.1, 0.15) is 26.2 Å². The van der Waals surface area contributed by atoms with Gasteiger partial charge in [-0.15, -0.1) is 0 Å². The highest BCUT2D eigenvalue weighted by molar-refractivity contribution is 7.88. The van der Waals surface area contributed by atoms with Crippen molar-refractivity contribution < 1.29 is 13.2 Å². The van der Waals surface area contributed by atoms with Gasteiger partial charge in [-0.1, -0.05) is 13.3 Å². The molecule has 0 bridgehead atoms. The van der Waals surface area contributed by atoms with Gasteiger partial charge < -0.3 is 5.32 Å². The third kappa shape index (κ3) is 1.73. The van der Waals surface area contributed by atoms with Crippen LogP contribution < -0.4 is 5.32 Å². The Balaban J connectivity index is 2.31. The van der Waals surface area contributed by atoms with Crippen LogP contribution in [0.25, 0.3) is 0 Å². The molecule has 2 heterocycles. The van der Waals surface area contributed by atoms with Gasteiger partial charge in [0.05, 0.1) is 18.2 Å². The molecule has 2 saturated heterocycles. The lowest BCUT2D eigenvalue weighted by Gasteiger charge is -2.20. The molecule has 2 fully saturated rings. The molecule has 2 rings (SSSR count). The molecule has 1 amide bonds. The lowest BCUT2D eigenvalue weighted by molar-refractivity contribution is -0.128. The molecule has 1 N–H and O–H groups in total. The Kier molecular flexibility index (Phi) is 2.96. The molecule has 0 radical (unpaired) electrons. The minimum Gasteiger partial charge on any atom is -0.311 e. The van der Waals surface area contributed by atoms with Crippen LogP contribution in [-0.4, -0.2) is 43.5 Å². The highest BCUT2D eigenvalue weighted by Crippen LogP contribution is 2.34. The van der Waals surface area contributed by atoms with Crippen molar-refractivity contribution in [2.75, 3.05) is 12.8 Å². The van der Waals surface area contributed by atoms with Crippen molar-refractivity contribution in [1.29, 1.82) is 0 Å². The molecule has 16 heavy (non-hydrogen) atoms. The van der Waals surface area contributed by atoms with E-state index < -0.39 is 10.0 Å². The number of hydrogen-bond acceptors (Lipinski definition) is 4. The molecule has 0 aromatic rings. The highest BCUT2D eigenvalue weighted by Gasteiger charge is 2.52. The van der Waals surface area contributed by atoms with Crippen LogP contribution in [0.5, 0.6) is 0 Å². The SMILES string of the molecule is CCC[C@@H]1C(=O)N(S(C)(=O)=O)[C@@H]2CCN[C@@H]12. The number of nitrogens with zero attached hydrogens (tertiary/aromatic N) is 1. The number of rotatable bonds is 3. The fourth-order valence-corrected chi connectivity index (χ4v) is 4.08. The van der Waals surface area contributed by atoms with Crippen molar-refractivity contribution in [3.05, 3.63) is 0 Å². The van der Waals surface area contributed by atoms with Gasteiger partial charge in [0.25, 0.3) is 0 Å². The van der Waals surface area contributed by atoms with Crippen molar-refractivity contribution in [2.24, 2.45) is 5.92 Å². The Morgan fingerprint density at radius 1 is 1.50 bits per heavy atom. The normalized spacial score (nSPS) is 34.5. The van der Waals surface area contributed by atoms with E-state index in [-0.39, 0.29) is 23.9 Å². The molecule has 0 saturated carbocycles. The van der Waals surface area contributed by atoms with Gasteiger partial charge in [0.1, 0.15) is 0 Å². The van der Waals surface area contributed by atoms with Crippen LogP contribution in [0.2, 0.25) is 0 Å². The second-order valence-corrected chi connectivity index (χ2v) is 6.49. The van der Waals surface area contributed by atoms with Crippen LogP contribution >= 0.6 is 0 Å². The highest BCUT2D eigenvalue weighted by atomic mass is 32.2. The molecule has 2 aliphatic heterocycles. The van der Waals surface area contributed by atoms with Crippen molar-refractivity contribution in [3.63, 3.8) is 0 Å². The molecule has 5 nitrogen and oxygen atoms in total. The monoisotopic (exact) mass is 246 g/mol. The van der Waals surface area contributed by atoms with E-state index in [2.05, 4.69) is 5.32 Å². The maximum Gasteiger partial charge on any atom is 0.241 e. The van der Waals surface area contributed by atoms with Gasteiger partial charge in [-0.3, -0.25) is 4.79 Å². The summed E-state index contributed by atoms with van der Waals surface area (Å²) in [4.78, 5) is 12.1. The summed E-state index contributed by atoms with van der Waals surface area (Å²) in [6.45, 7) is 2.81. The Bertz CT molecular complexity index is 393. The number of sulfonamides is 1. The van der Waals surface area contributed by atoms with Crippen molar-refractivity contribution in [3.8, 4) is 0 Å². The summed E-state index contributed by atoms with van der Waals surface area (Å²) < 4.78 is 24.3. The molecule has 2 aliphatic rings. The molecule has 0 aromatic heterocycles. The van der Waals surface area contributed by atoms with E-state index in [0.717, 1.165) is 36.4 Å². The zero-order valence-electron chi connectivity index (χ0n) is 9.64. The molecule has 0 aromatic carbocycles. The van der Waals surface area contributed by atoms with E-state index in [1.165, 1.54) is 0 Å². The first kappa shape index (κ1) is 11.9. The summed E-state index contributed by atoms with van der Waals surface area (Å²) in [5.41, 5.74) is 0. The predicted molar refractivity (Wildman–Crippen MR) is 60.3 cm³/mol. The van der Waals surface area contributed by atoms with Gasteiger partial charge in [-0.25, -0.2) is 12.7 Å². The lowest BCUT2D eigenvalue weighted by atomic mass is 9.95. The van der Waals surface area contributed by atoms with E-state index in [4.69, 9.17) is 0 Å². The van der Waals surface area contributed by atoms with Gasteiger partial charge in [-0.2, -0.15) is 0 Å². The molecular weight excluding hydrogens is 228 g/mol. The standard InChI is InChI=1S/C10H18N2O3S/c1-3-4-7-9-8(5-6-11-9)12(10(7)13)16(2,14)15/h7-9,11H,3-6H2,1-2H3/t7-,8+,9-/m0/s1. The van der Waals surface area contributed by atoms with E-state index in [0.29, 0.717) is 0 Å². The third-order valence-electron chi connectivity index (χ3n) is 3.46. The summed E-state index contributed by atoms with van der Waals surface area (Å²) in [5, 5.41) is 3.26. The minimum absolute atomic E-state index is 0.0298. The van der Waals surface area contributed by atoms with Crippen LogP contribution in [0.3, 0.4) is 0 Å². The molecule has 0 spiro atoms. The number of carbonyl (C=O) groups is 1. The maximum absolute atomic E-state index is 12.1. The summed E-state index contributed by atoms with van der Waals surface area (Å²) in [7, 11) is -3.41. The molecule has 92 valence electrons. The Labute approximate surface area is 96.2 Å². The van der Waals surface area contributed by atoms with Crippen LogP contribution in [-0.2, 0) is 14.8 Å². The lowest BCUT2D eigenvalue weighted by Crippen LogP contribution is -2.39. The number of carbonyl (C=O) groups excluding carboxylic acids is 1. The first-order chi connectivity index (χ1) is 7.46. The van der Waals surface area contributed by atoms with Crippen molar-refractivity contribution >= 4 is 15.9 Å². The zero-order chi connectivity index (χ0) is 11.9. The van der Waals surface area contributed by atoms with E-state index >= 15 is 0 Å². The smallest absolute Gasteiger partial charge is 0.241 e. The largest absolute Gasteiger partial charge is 0.311 e. The van der Waals surface area contributed by atoms with Crippen molar-refractivity contribution in [2.45, 2.75) is 38.3 Å². The fraction of sp³-hybridized carbons (Fsp3) is 0.900.